The van der Waals surface area contributed by atoms with E-state index >= 15 is 0 Å². The maximum atomic E-state index is 13.8. The zero-order chi connectivity index (χ0) is 22.2. The summed E-state index contributed by atoms with van der Waals surface area (Å²) < 4.78 is 54.2. The van der Waals surface area contributed by atoms with Crippen molar-refractivity contribution < 1.29 is 17.6 Å². The maximum Gasteiger partial charge on any atom is 0.188 e. The second-order valence-corrected chi connectivity index (χ2v) is 7.06. The van der Waals surface area contributed by atoms with Crippen molar-refractivity contribution in [2.24, 2.45) is 10.7 Å². The Morgan fingerprint density at radius 3 is 2.19 bits per heavy atom. The normalized spacial score (nSPS) is 11.8. The molecule has 164 valence electrons. The SMILES string of the molecule is NC(=NCCCc1cnc[nH]1)NCCC(c1ccc(F)c(F)c1)c1ccc(F)c(F)c1. The van der Waals surface area contributed by atoms with Gasteiger partial charge in [-0.2, -0.15) is 0 Å². The molecular weight excluding hydrogens is 410 g/mol. The molecule has 0 atom stereocenters. The van der Waals surface area contributed by atoms with Gasteiger partial charge in [0, 0.05) is 30.9 Å². The first-order valence-electron chi connectivity index (χ1n) is 9.85. The van der Waals surface area contributed by atoms with Gasteiger partial charge in [-0.05, 0) is 54.7 Å². The van der Waals surface area contributed by atoms with Gasteiger partial charge in [-0.15, -0.1) is 0 Å². The van der Waals surface area contributed by atoms with Crippen LogP contribution in [-0.4, -0.2) is 29.0 Å². The molecule has 4 N–H and O–H groups in total. The third-order valence-electron chi connectivity index (χ3n) is 4.87. The molecule has 3 aromatic rings. The molecule has 1 aromatic heterocycles. The second kappa shape index (κ2) is 10.6. The van der Waals surface area contributed by atoms with Crippen LogP contribution in [0.4, 0.5) is 17.6 Å². The standard InChI is InChI=1S/C22H23F4N5/c23-18-5-3-14(10-20(18)25)17(15-4-6-19(24)21(26)11-15)7-9-30-22(27)29-8-1-2-16-12-28-13-31-16/h3-6,10-13,17H,1-2,7-9H2,(H,28,31)(H3,27,29,30). The molecule has 9 heteroatoms. The average molecular weight is 433 g/mol. The first-order valence-corrected chi connectivity index (χ1v) is 9.85. The van der Waals surface area contributed by atoms with Gasteiger partial charge in [0.2, 0.25) is 0 Å². The van der Waals surface area contributed by atoms with Gasteiger partial charge in [-0.25, -0.2) is 22.5 Å². The van der Waals surface area contributed by atoms with Crippen molar-refractivity contribution in [2.45, 2.75) is 25.2 Å². The summed E-state index contributed by atoms with van der Waals surface area (Å²) in [7, 11) is 0. The number of guanidine groups is 1. The van der Waals surface area contributed by atoms with Gasteiger partial charge >= 0.3 is 0 Å². The van der Waals surface area contributed by atoms with E-state index in [4.69, 9.17) is 5.73 Å². The summed E-state index contributed by atoms with van der Waals surface area (Å²) in [5.74, 6) is -4.20. The van der Waals surface area contributed by atoms with E-state index in [1.165, 1.54) is 12.1 Å². The fraction of sp³-hybridized carbons (Fsp3) is 0.273. The van der Waals surface area contributed by atoms with Gasteiger partial charge < -0.3 is 16.0 Å². The van der Waals surface area contributed by atoms with Crippen LogP contribution in [0.25, 0.3) is 0 Å². The average Bonchev–Trinajstić information content (AvgIpc) is 3.27. The number of H-pyrrole nitrogens is 1. The lowest BCUT2D eigenvalue weighted by molar-refractivity contribution is 0.502. The molecule has 0 fully saturated rings. The van der Waals surface area contributed by atoms with E-state index < -0.39 is 29.2 Å². The molecule has 0 aliphatic rings. The summed E-state index contributed by atoms with van der Waals surface area (Å²) in [5, 5.41) is 2.97. The van der Waals surface area contributed by atoms with Crippen LogP contribution >= 0.6 is 0 Å². The van der Waals surface area contributed by atoms with E-state index in [1.54, 1.807) is 12.5 Å². The summed E-state index contributed by atoms with van der Waals surface area (Å²) in [6.07, 6.45) is 5.33. The number of nitrogens with zero attached hydrogens (tertiary/aromatic N) is 2. The van der Waals surface area contributed by atoms with Crippen LogP contribution < -0.4 is 11.1 Å². The molecule has 0 saturated heterocycles. The summed E-state index contributed by atoms with van der Waals surface area (Å²) in [6, 6.07) is 7.01. The van der Waals surface area contributed by atoms with Crippen molar-refractivity contribution in [1.29, 1.82) is 0 Å². The van der Waals surface area contributed by atoms with Crippen molar-refractivity contribution in [1.82, 2.24) is 15.3 Å². The lowest BCUT2D eigenvalue weighted by atomic mass is 9.88. The highest BCUT2D eigenvalue weighted by molar-refractivity contribution is 5.77. The predicted octanol–water partition coefficient (Wildman–Crippen LogP) is 4.03. The first kappa shape index (κ1) is 22.3. The minimum atomic E-state index is -1.00. The Hall–Kier alpha value is -3.36. The van der Waals surface area contributed by atoms with Crippen LogP contribution in [0.5, 0.6) is 0 Å². The molecule has 5 nitrogen and oxygen atoms in total. The number of halogens is 4. The molecule has 2 aromatic carbocycles. The van der Waals surface area contributed by atoms with Crippen LogP contribution in [-0.2, 0) is 6.42 Å². The highest BCUT2D eigenvalue weighted by Gasteiger charge is 2.18. The van der Waals surface area contributed by atoms with Crippen molar-refractivity contribution >= 4 is 5.96 Å². The molecule has 0 bridgehead atoms. The predicted molar refractivity (Wildman–Crippen MR) is 111 cm³/mol. The van der Waals surface area contributed by atoms with Gasteiger partial charge in [-0.3, -0.25) is 4.99 Å². The summed E-state index contributed by atoms with van der Waals surface area (Å²) >= 11 is 0. The molecule has 0 saturated carbocycles. The number of aromatic amines is 1. The molecule has 0 aliphatic carbocycles. The minimum absolute atomic E-state index is 0.249. The molecule has 0 aliphatic heterocycles. The second-order valence-electron chi connectivity index (χ2n) is 7.06. The Morgan fingerprint density at radius 2 is 1.65 bits per heavy atom. The maximum absolute atomic E-state index is 13.8. The van der Waals surface area contributed by atoms with E-state index in [1.807, 2.05) is 0 Å². The lowest BCUT2D eigenvalue weighted by Gasteiger charge is -2.19. The number of aromatic nitrogens is 2. The molecule has 0 radical (unpaired) electrons. The van der Waals surface area contributed by atoms with E-state index in [9.17, 15) is 17.6 Å². The Bertz CT molecular complexity index is 969. The number of aryl methyl sites for hydroxylation is 1. The van der Waals surface area contributed by atoms with Gasteiger partial charge in [-0.1, -0.05) is 12.1 Å². The van der Waals surface area contributed by atoms with E-state index in [2.05, 4.69) is 20.3 Å². The minimum Gasteiger partial charge on any atom is -0.370 e. The molecule has 1 heterocycles. The third-order valence-corrected chi connectivity index (χ3v) is 4.87. The zero-order valence-corrected chi connectivity index (χ0v) is 16.7. The Morgan fingerprint density at radius 1 is 1.00 bits per heavy atom. The molecule has 0 amide bonds. The topological polar surface area (TPSA) is 79.1 Å². The Balaban J connectivity index is 1.62. The monoisotopic (exact) mass is 433 g/mol. The largest absolute Gasteiger partial charge is 0.370 e. The molecule has 31 heavy (non-hydrogen) atoms. The number of nitrogens with two attached hydrogens (primary N) is 1. The number of rotatable bonds is 9. The molecule has 0 spiro atoms. The van der Waals surface area contributed by atoms with Crippen molar-refractivity contribution in [3.63, 3.8) is 0 Å². The number of benzene rings is 2. The molecular formula is C22H23F4N5. The number of aliphatic imine (C=N–C) groups is 1. The van der Waals surface area contributed by atoms with Crippen LogP contribution in [0.15, 0.2) is 53.9 Å². The van der Waals surface area contributed by atoms with Crippen LogP contribution in [0, 0.1) is 23.3 Å². The highest BCUT2D eigenvalue weighted by atomic mass is 19.2. The van der Waals surface area contributed by atoms with E-state index in [-0.39, 0.29) is 5.96 Å². The smallest absolute Gasteiger partial charge is 0.188 e. The number of hydrogen-bond acceptors (Lipinski definition) is 2. The number of imidazole rings is 1. The van der Waals surface area contributed by atoms with Crippen LogP contribution in [0.3, 0.4) is 0 Å². The Labute approximate surface area is 177 Å². The lowest BCUT2D eigenvalue weighted by Crippen LogP contribution is -2.33. The zero-order valence-electron chi connectivity index (χ0n) is 16.7. The quantitative estimate of drug-likeness (QED) is 0.206. The number of nitrogens with one attached hydrogen (secondary N) is 2. The van der Waals surface area contributed by atoms with Crippen molar-refractivity contribution in [2.75, 3.05) is 13.1 Å². The number of hydrogen-bond donors (Lipinski definition) is 3. The van der Waals surface area contributed by atoms with Crippen molar-refractivity contribution in [3.05, 3.63) is 89.0 Å². The Kier molecular flexibility index (Phi) is 7.64. The van der Waals surface area contributed by atoms with Gasteiger partial charge in [0.05, 0.1) is 6.33 Å². The van der Waals surface area contributed by atoms with Crippen molar-refractivity contribution in [3.8, 4) is 0 Å². The fourth-order valence-corrected chi connectivity index (χ4v) is 3.27. The fourth-order valence-electron chi connectivity index (χ4n) is 3.27. The summed E-state index contributed by atoms with van der Waals surface area (Å²) in [4.78, 5) is 11.2. The van der Waals surface area contributed by atoms with Gasteiger partial charge in [0.1, 0.15) is 0 Å². The molecule has 0 unspecified atom stereocenters. The first-order chi connectivity index (χ1) is 14.9. The highest BCUT2D eigenvalue weighted by Crippen LogP contribution is 2.29. The third kappa shape index (κ3) is 6.31. The van der Waals surface area contributed by atoms with Gasteiger partial charge in [0.15, 0.2) is 29.2 Å². The van der Waals surface area contributed by atoms with E-state index in [0.717, 1.165) is 42.8 Å². The van der Waals surface area contributed by atoms with Gasteiger partial charge in [0.25, 0.3) is 0 Å². The molecule has 3 rings (SSSR count). The van der Waals surface area contributed by atoms with E-state index in [0.29, 0.717) is 30.6 Å². The summed E-state index contributed by atoms with van der Waals surface area (Å²) in [6.45, 7) is 0.867. The van der Waals surface area contributed by atoms with Crippen LogP contribution in [0.2, 0.25) is 0 Å². The summed E-state index contributed by atoms with van der Waals surface area (Å²) in [5.41, 5.74) is 7.79. The van der Waals surface area contributed by atoms with Crippen LogP contribution in [0.1, 0.15) is 35.6 Å².